The summed E-state index contributed by atoms with van der Waals surface area (Å²) in [5.74, 6) is -6.75. The molecule has 0 fully saturated rings. The summed E-state index contributed by atoms with van der Waals surface area (Å²) in [6.07, 6.45) is -2.51. The molecule has 0 bridgehead atoms. The Hall–Kier alpha value is -6.46. The fourth-order valence-corrected chi connectivity index (χ4v) is 12.8. The topological polar surface area (TPSA) is 225 Å². The molecule has 6 aromatic carbocycles. The maximum absolute atomic E-state index is 14.9. The van der Waals surface area contributed by atoms with Crippen molar-refractivity contribution < 1.29 is 46.2 Å². The molecule has 10 atom stereocenters. The van der Waals surface area contributed by atoms with Crippen molar-refractivity contribution in [3.63, 3.8) is 0 Å². The second-order valence-electron chi connectivity index (χ2n) is 24.2. The van der Waals surface area contributed by atoms with Crippen molar-refractivity contribution in [2.75, 3.05) is 11.5 Å². The molecule has 0 aliphatic heterocycles. The van der Waals surface area contributed by atoms with Crippen molar-refractivity contribution in [1.82, 2.24) is 21.3 Å². The smallest absolute Gasteiger partial charge is 0.243 e. The van der Waals surface area contributed by atoms with Crippen molar-refractivity contribution in [2.24, 2.45) is 23.7 Å². The van der Waals surface area contributed by atoms with E-state index in [2.05, 4.69) is 21.3 Å². The number of hydrogen-bond acceptors (Lipinski definition) is 10. The third kappa shape index (κ3) is 16.9. The van der Waals surface area contributed by atoms with Crippen LogP contribution in [0, 0.1) is 23.7 Å². The van der Waals surface area contributed by atoms with E-state index in [-0.39, 0.29) is 25.7 Å². The molecule has 0 aliphatic rings. The summed E-state index contributed by atoms with van der Waals surface area (Å²) in [7, 11) is -7.72. The highest BCUT2D eigenvalue weighted by molar-refractivity contribution is 7.93. The predicted molar refractivity (Wildman–Crippen MR) is 328 cm³/mol. The van der Waals surface area contributed by atoms with Gasteiger partial charge in [-0.2, -0.15) is 0 Å². The van der Waals surface area contributed by atoms with Crippen molar-refractivity contribution in [3.8, 4) is 0 Å². The molecule has 6 N–H and O–H groups in total. The van der Waals surface area contributed by atoms with Crippen LogP contribution in [0.4, 0.5) is 0 Å². The summed E-state index contributed by atoms with van der Waals surface area (Å²) >= 11 is 0. The van der Waals surface area contributed by atoms with E-state index >= 15 is 0 Å². The van der Waals surface area contributed by atoms with Crippen LogP contribution in [0.1, 0.15) is 104 Å². The number of sulfone groups is 2. The molecule has 14 nitrogen and oxygen atoms in total. The number of hydrogen-bond donors (Lipinski definition) is 6. The SMILES string of the molecule is CCC(C)[C@H](NC(=O)[C@H](Cc1cccc2ccccc12)CS(=O)(=O)C(C)(C)C)C(=O)N[C@@H](Cc1ccccc1)[C@@H](O)[C@H](O)[C@H](Cc1ccccc1)NC(=O)[C@@H](NC(=O)[C@H](Cc1cccc2ccccc12)CS(=O)(=O)C(C)(C)C)C(C)CC. The van der Waals surface area contributed by atoms with Gasteiger partial charge in [-0.15, -0.1) is 0 Å². The lowest BCUT2D eigenvalue weighted by Crippen LogP contribution is -2.62. The normalized spacial score (nSPS) is 16.1. The van der Waals surface area contributed by atoms with Gasteiger partial charge in [0, 0.05) is 0 Å². The molecule has 0 spiro atoms. The molecule has 0 heterocycles. The van der Waals surface area contributed by atoms with E-state index in [4.69, 9.17) is 0 Å². The average Bonchev–Trinajstić information content (AvgIpc) is 3.52. The van der Waals surface area contributed by atoms with Crippen LogP contribution in [0.3, 0.4) is 0 Å². The number of nitrogens with one attached hydrogen (secondary N) is 4. The van der Waals surface area contributed by atoms with Crippen LogP contribution in [0.5, 0.6) is 0 Å². The first kappa shape index (κ1) is 64.7. The number of fused-ring (bicyclic) bond motifs is 2. The van der Waals surface area contributed by atoms with Gasteiger partial charge < -0.3 is 31.5 Å². The number of carbonyl (C=O) groups excluding carboxylic acids is 4. The fraction of sp³-hybridized carbons (Fsp3) is 0.455. The minimum atomic E-state index is -3.86. The molecule has 6 rings (SSSR count). The summed E-state index contributed by atoms with van der Waals surface area (Å²) in [5, 5.41) is 40.5. The number of rotatable bonds is 27. The van der Waals surface area contributed by atoms with Gasteiger partial charge in [-0.1, -0.05) is 186 Å². The van der Waals surface area contributed by atoms with E-state index in [1.807, 2.05) is 135 Å². The predicted octanol–water partition coefficient (Wildman–Crippen LogP) is 8.68. The van der Waals surface area contributed by atoms with Gasteiger partial charge in [0.2, 0.25) is 23.6 Å². The Labute approximate surface area is 486 Å². The number of benzene rings is 6. The Morgan fingerprint density at radius 3 is 1.07 bits per heavy atom. The Balaban J connectivity index is 1.31. The molecule has 442 valence electrons. The van der Waals surface area contributed by atoms with E-state index in [9.17, 15) is 46.2 Å². The van der Waals surface area contributed by atoms with Crippen molar-refractivity contribution in [2.45, 2.75) is 154 Å². The van der Waals surface area contributed by atoms with Crippen molar-refractivity contribution in [3.05, 3.63) is 168 Å². The first-order valence-corrected chi connectivity index (χ1v) is 32.0. The lowest BCUT2D eigenvalue weighted by molar-refractivity contribution is -0.134. The molecule has 0 aromatic heterocycles. The minimum Gasteiger partial charge on any atom is -0.388 e. The Kier molecular flexibility index (Phi) is 22.3. The van der Waals surface area contributed by atoms with Gasteiger partial charge in [-0.05, 0) is 123 Å². The Bertz CT molecular complexity index is 3110. The molecule has 6 aromatic rings. The second-order valence-corrected chi connectivity index (χ2v) is 29.8. The molecular formula is C66H86N4O10S2. The molecule has 0 aliphatic carbocycles. The number of amides is 4. The van der Waals surface area contributed by atoms with E-state index in [0.29, 0.717) is 24.0 Å². The first-order valence-electron chi connectivity index (χ1n) is 28.7. The van der Waals surface area contributed by atoms with Crippen LogP contribution in [0.2, 0.25) is 0 Å². The van der Waals surface area contributed by atoms with Crippen LogP contribution in [0.15, 0.2) is 146 Å². The van der Waals surface area contributed by atoms with Gasteiger partial charge in [0.25, 0.3) is 0 Å². The lowest BCUT2D eigenvalue weighted by Gasteiger charge is -2.36. The summed E-state index contributed by atoms with van der Waals surface area (Å²) in [6.45, 7) is 16.8. The van der Waals surface area contributed by atoms with Gasteiger partial charge in [-0.25, -0.2) is 16.8 Å². The summed E-state index contributed by atoms with van der Waals surface area (Å²) in [4.78, 5) is 59.3. The third-order valence-electron chi connectivity index (χ3n) is 16.2. The Morgan fingerprint density at radius 1 is 0.427 bits per heavy atom. The van der Waals surface area contributed by atoms with Gasteiger partial charge in [-0.3, -0.25) is 19.2 Å². The standard InChI is InChI=1S/C66H86N4O10S2/c1-11-43(3)57(69-61(73)51(41-81(77,78)65(5,6)7)39-49-33-23-31-47-29-19-21-35-53(47)49)63(75)67-55(37-45-25-15-13-16-26-45)59(71)60(72)56(38-46-27-17-14-18-28-46)68-64(76)58(44(4)12-2)70-62(74)52(42-82(79,80)66(8,9)10)40-50-34-24-32-48-30-20-22-36-54(48)50/h13-36,43-44,51-52,55-60,71-72H,11-12,37-42H2,1-10H3,(H,67,75)(H,68,76)(H,69,73)(H,70,74)/t43?,44?,51-,52-,55+,56+,57+,58+,59-,60-/m1/s1. The molecule has 0 radical (unpaired) electrons. The number of aliphatic hydroxyl groups is 2. The third-order valence-corrected chi connectivity index (χ3v) is 21.6. The van der Waals surface area contributed by atoms with Crippen LogP contribution in [-0.2, 0) is 64.5 Å². The van der Waals surface area contributed by atoms with E-state index < -0.39 is 124 Å². The monoisotopic (exact) mass is 1160 g/mol. The summed E-state index contributed by atoms with van der Waals surface area (Å²) in [6, 6.07) is 39.8. The zero-order valence-electron chi connectivity index (χ0n) is 49.3. The molecule has 2 unspecified atom stereocenters. The highest BCUT2D eigenvalue weighted by Crippen LogP contribution is 2.29. The van der Waals surface area contributed by atoms with Gasteiger partial charge in [0.05, 0.1) is 44.9 Å². The van der Waals surface area contributed by atoms with Gasteiger partial charge in [0.1, 0.15) is 24.3 Å². The van der Waals surface area contributed by atoms with Crippen molar-refractivity contribution >= 4 is 64.8 Å². The van der Waals surface area contributed by atoms with Crippen LogP contribution >= 0.6 is 0 Å². The zero-order chi connectivity index (χ0) is 60.2. The number of carbonyl (C=O) groups is 4. The van der Waals surface area contributed by atoms with E-state index in [0.717, 1.165) is 32.7 Å². The van der Waals surface area contributed by atoms with Crippen LogP contribution < -0.4 is 21.3 Å². The second kappa shape index (κ2) is 28.2. The summed E-state index contributed by atoms with van der Waals surface area (Å²) < 4.78 is 53.2. The van der Waals surface area contributed by atoms with Gasteiger partial charge >= 0.3 is 0 Å². The summed E-state index contributed by atoms with van der Waals surface area (Å²) in [5.41, 5.74) is 2.94. The van der Waals surface area contributed by atoms with E-state index in [1.54, 1.807) is 79.7 Å². The molecule has 16 heteroatoms. The minimum absolute atomic E-state index is 0.00658. The zero-order valence-corrected chi connectivity index (χ0v) is 50.9. The quantitative estimate of drug-likeness (QED) is 0.0288. The largest absolute Gasteiger partial charge is 0.388 e. The maximum atomic E-state index is 14.9. The highest BCUT2D eigenvalue weighted by Gasteiger charge is 2.41. The lowest BCUT2D eigenvalue weighted by atomic mass is 9.89. The maximum Gasteiger partial charge on any atom is 0.243 e. The molecule has 82 heavy (non-hydrogen) atoms. The van der Waals surface area contributed by atoms with Crippen LogP contribution in [0.25, 0.3) is 21.5 Å². The Morgan fingerprint density at radius 2 is 0.744 bits per heavy atom. The highest BCUT2D eigenvalue weighted by atomic mass is 32.2. The molecular weight excluding hydrogens is 1070 g/mol. The first-order chi connectivity index (χ1) is 38.6. The molecule has 4 amide bonds. The van der Waals surface area contributed by atoms with Crippen molar-refractivity contribution in [1.29, 1.82) is 0 Å². The fourth-order valence-electron chi connectivity index (χ4n) is 10.2. The van der Waals surface area contributed by atoms with Gasteiger partial charge in [0.15, 0.2) is 19.7 Å². The van der Waals surface area contributed by atoms with E-state index in [1.165, 1.54) is 0 Å². The average molecular weight is 1160 g/mol. The number of aliphatic hydroxyl groups excluding tert-OH is 2. The molecule has 0 saturated carbocycles. The molecule has 0 saturated heterocycles. The van der Waals surface area contributed by atoms with Crippen LogP contribution in [-0.4, -0.2) is 108 Å².